The van der Waals surface area contributed by atoms with Crippen LogP contribution in [0.5, 0.6) is 0 Å². The van der Waals surface area contributed by atoms with Crippen molar-refractivity contribution >= 4 is 9.84 Å². The van der Waals surface area contributed by atoms with Crippen molar-refractivity contribution in [1.29, 1.82) is 0 Å². The van der Waals surface area contributed by atoms with E-state index in [2.05, 4.69) is 0 Å². The Labute approximate surface area is 96.4 Å². The number of rotatable bonds is 3. The molecule has 1 aliphatic rings. The van der Waals surface area contributed by atoms with Gasteiger partial charge in [-0.3, -0.25) is 0 Å². The van der Waals surface area contributed by atoms with Crippen LogP contribution in [-0.4, -0.2) is 27.4 Å². The number of aryl methyl sites for hydroxylation is 1. The maximum Gasteiger partial charge on any atom is 0.179 e. The van der Waals surface area contributed by atoms with Crippen LogP contribution in [0.1, 0.15) is 12.5 Å². The van der Waals surface area contributed by atoms with Gasteiger partial charge in [0.15, 0.2) is 9.84 Å². The molecule has 0 saturated carbocycles. The van der Waals surface area contributed by atoms with E-state index in [1.807, 2.05) is 26.0 Å². The maximum atomic E-state index is 12.1. The lowest BCUT2D eigenvalue weighted by Gasteiger charge is -2.37. The molecule has 0 unspecified atom stereocenters. The Hall–Kier alpha value is -0.870. The Bertz CT molecular complexity index is 469. The minimum atomic E-state index is -3.18. The predicted molar refractivity (Wildman–Crippen MR) is 62.2 cm³/mol. The second-order valence-corrected chi connectivity index (χ2v) is 6.87. The van der Waals surface area contributed by atoms with Gasteiger partial charge in [-0.15, -0.1) is 0 Å². The average Bonchev–Trinajstić information content (AvgIpc) is 2.15. The molecule has 1 aliphatic heterocycles. The fourth-order valence-electron chi connectivity index (χ4n) is 1.82. The van der Waals surface area contributed by atoms with Crippen LogP contribution in [0, 0.1) is 12.3 Å². The molecule has 3 nitrogen and oxygen atoms in total. The summed E-state index contributed by atoms with van der Waals surface area (Å²) in [6.45, 7) is 4.97. The molecule has 0 amide bonds. The zero-order valence-corrected chi connectivity index (χ0v) is 10.4. The van der Waals surface area contributed by atoms with Gasteiger partial charge in [-0.1, -0.05) is 24.6 Å². The summed E-state index contributed by atoms with van der Waals surface area (Å²) in [6, 6.07) is 7.00. The third-order valence-electron chi connectivity index (χ3n) is 2.82. The molecular weight excluding hydrogens is 224 g/mol. The number of hydrogen-bond donors (Lipinski definition) is 0. The summed E-state index contributed by atoms with van der Waals surface area (Å²) >= 11 is 0. The Morgan fingerprint density at radius 1 is 1.25 bits per heavy atom. The van der Waals surface area contributed by atoms with Gasteiger partial charge in [-0.2, -0.15) is 0 Å². The summed E-state index contributed by atoms with van der Waals surface area (Å²) in [7, 11) is -3.18. The smallest absolute Gasteiger partial charge is 0.179 e. The molecule has 4 heteroatoms. The summed E-state index contributed by atoms with van der Waals surface area (Å²) in [4.78, 5) is 0.409. The molecule has 1 aromatic rings. The first-order valence-corrected chi connectivity index (χ1v) is 6.94. The summed E-state index contributed by atoms with van der Waals surface area (Å²) in [5.41, 5.74) is 0.862. The SMILES string of the molecule is Cc1ccc(S(=O)(=O)CC2(C)COC2)cc1. The highest BCUT2D eigenvalue weighted by Gasteiger charge is 2.38. The fourth-order valence-corrected chi connectivity index (χ4v) is 3.62. The highest BCUT2D eigenvalue weighted by Crippen LogP contribution is 2.30. The van der Waals surface area contributed by atoms with Crippen molar-refractivity contribution in [1.82, 2.24) is 0 Å². The van der Waals surface area contributed by atoms with E-state index in [0.29, 0.717) is 18.1 Å². The lowest BCUT2D eigenvalue weighted by molar-refractivity contribution is -0.0870. The van der Waals surface area contributed by atoms with E-state index in [-0.39, 0.29) is 11.2 Å². The average molecular weight is 240 g/mol. The van der Waals surface area contributed by atoms with Crippen LogP contribution in [0.3, 0.4) is 0 Å². The molecule has 0 bridgehead atoms. The molecule has 16 heavy (non-hydrogen) atoms. The second-order valence-electron chi connectivity index (χ2n) is 4.88. The van der Waals surface area contributed by atoms with Crippen molar-refractivity contribution in [2.45, 2.75) is 18.7 Å². The van der Waals surface area contributed by atoms with Crippen LogP contribution < -0.4 is 0 Å². The molecule has 0 atom stereocenters. The maximum absolute atomic E-state index is 12.1. The molecule has 0 spiro atoms. The van der Waals surface area contributed by atoms with Gasteiger partial charge >= 0.3 is 0 Å². The third kappa shape index (κ3) is 2.28. The van der Waals surface area contributed by atoms with Crippen LogP contribution in [0.4, 0.5) is 0 Å². The summed E-state index contributed by atoms with van der Waals surface area (Å²) in [5.74, 6) is 0.170. The molecule has 0 aliphatic carbocycles. The molecule has 1 fully saturated rings. The Kier molecular flexibility index (Phi) is 2.80. The third-order valence-corrected chi connectivity index (χ3v) is 4.89. The Balaban J connectivity index is 2.22. The zero-order valence-electron chi connectivity index (χ0n) is 9.56. The minimum absolute atomic E-state index is 0.170. The summed E-state index contributed by atoms with van der Waals surface area (Å²) in [6.07, 6.45) is 0. The van der Waals surface area contributed by atoms with Crippen molar-refractivity contribution in [2.75, 3.05) is 19.0 Å². The molecule has 88 valence electrons. The predicted octanol–water partition coefficient (Wildman–Crippen LogP) is 1.81. The van der Waals surface area contributed by atoms with Crippen LogP contribution in [0.15, 0.2) is 29.2 Å². The van der Waals surface area contributed by atoms with E-state index in [4.69, 9.17) is 4.74 Å². The van der Waals surface area contributed by atoms with Crippen LogP contribution in [-0.2, 0) is 14.6 Å². The largest absolute Gasteiger partial charge is 0.380 e. The molecular formula is C12H16O3S. The second kappa shape index (κ2) is 3.86. The van der Waals surface area contributed by atoms with Crippen LogP contribution >= 0.6 is 0 Å². The van der Waals surface area contributed by atoms with E-state index in [1.54, 1.807) is 12.1 Å². The number of benzene rings is 1. The minimum Gasteiger partial charge on any atom is -0.380 e. The molecule has 1 heterocycles. The van der Waals surface area contributed by atoms with E-state index in [0.717, 1.165) is 5.56 Å². The summed E-state index contributed by atoms with van der Waals surface area (Å²) in [5, 5.41) is 0. The molecule has 1 aromatic carbocycles. The molecule has 2 rings (SSSR count). The van der Waals surface area contributed by atoms with Crippen molar-refractivity contribution in [3.05, 3.63) is 29.8 Å². The van der Waals surface area contributed by atoms with Gasteiger partial charge in [0.2, 0.25) is 0 Å². The van der Waals surface area contributed by atoms with Gasteiger partial charge in [-0.25, -0.2) is 8.42 Å². The first kappa shape index (κ1) is 11.6. The monoisotopic (exact) mass is 240 g/mol. The first-order chi connectivity index (χ1) is 7.41. The van der Waals surface area contributed by atoms with Gasteiger partial charge in [-0.05, 0) is 19.1 Å². The van der Waals surface area contributed by atoms with E-state index < -0.39 is 9.84 Å². The van der Waals surface area contributed by atoms with Gasteiger partial charge in [0.05, 0.1) is 23.9 Å². The van der Waals surface area contributed by atoms with Crippen molar-refractivity contribution in [3.63, 3.8) is 0 Å². The van der Waals surface area contributed by atoms with Crippen LogP contribution in [0.2, 0.25) is 0 Å². The highest BCUT2D eigenvalue weighted by molar-refractivity contribution is 7.91. The lowest BCUT2D eigenvalue weighted by Crippen LogP contribution is -2.45. The fraction of sp³-hybridized carbons (Fsp3) is 0.500. The van der Waals surface area contributed by atoms with E-state index >= 15 is 0 Å². The van der Waals surface area contributed by atoms with Gasteiger partial charge in [0, 0.05) is 5.41 Å². The number of hydrogen-bond acceptors (Lipinski definition) is 3. The quantitative estimate of drug-likeness (QED) is 0.809. The van der Waals surface area contributed by atoms with Gasteiger partial charge in [0.1, 0.15) is 0 Å². The van der Waals surface area contributed by atoms with E-state index in [9.17, 15) is 8.42 Å². The topological polar surface area (TPSA) is 43.4 Å². The number of sulfone groups is 1. The van der Waals surface area contributed by atoms with Crippen molar-refractivity contribution in [3.8, 4) is 0 Å². The van der Waals surface area contributed by atoms with Crippen molar-refractivity contribution < 1.29 is 13.2 Å². The Morgan fingerprint density at radius 3 is 2.25 bits per heavy atom. The Morgan fingerprint density at radius 2 is 1.81 bits per heavy atom. The molecule has 1 saturated heterocycles. The standard InChI is InChI=1S/C12H16O3S/c1-10-3-5-11(6-4-10)16(13,14)9-12(2)7-15-8-12/h3-6H,7-9H2,1-2H3. The van der Waals surface area contributed by atoms with E-state index in [1.165, 1.54) is 0 Å². The van der Waals surface area contributed by atoms with Gasteiger partial charge in [0.25, 0.3) is 0 Å². The van der Waals surface area contributed by atoms with Crippen molar-refractivity contribution in [2.24, 2.45) is 5.41 Å². The first-order valence-electron chi connectivity index (χ1n) is 5.29. The molecule has 0 aromatic heterocycles. The van der Waals surface area contributed by atoms with Crippen LogP contribution in [0.25, 0.3) is 0 Å². The molecule has 0 N–H and O–H groups in total. The molecule has 0 radical (unpaired) electrons. The summed E-state index contributed by atoms with van der Waals surface area (Å²) < 4.78 is 29.3. The highest BCUT2D eigenvalue weighted by atomic mass is 32.2. The normalized spacial score (nSPS) is 19.1. The number of ether oxygens (including phenoxy) is 1. The zero-order chi connectivity index (χ0) is 11.8. The lowest BCUT2D eigenvalue weighted by atomic mass is 9.92. The van der Waals surface area contributed by atoms with Gasteiger partial charge < -0.3 is 4.74 Å².